The van der Waals surface area contributed by atoms with Crippen molar-refractivity contribution in [3.63, 3.8) is 0 Å². The van der Waals surface area contributed by atoms with Gasteiger partial charge < -0.3 is 20.4 Å². The number of aliphatic hydroxyl groups is 4. The standard InChI is InChI=1S/C74H86O5/c1-4-49(3)74(79)65-43-42-64(59-36-28-55(29-37-59)51-20-12-7-13-21-51)69(76)45-44-63(58-34-26-54(27-35-58)50-18-10-6-11-19-50)66-46-62(47-70(66)77)72(60-38-30-56(31-39-60)52-22-14-8-15-23-52)67(68(75)5-2)48-71(78)73(65)61-40-32-57(33-41-61)53-24-16-9-17-25-53/h1,5,26-41,43,45-48,50-53,62-64,72-73,75-77,79H,6-25,42,44H2,2-3H3. The number of hydrogen-bond donors (Lipinski definition) is 4. The number of carbonyl (C=O) groups is 1. The van der Waals surface area contributed by atoms with Crippen molar-refractivity contribution in [3.05, 3.63) is 223 Å². The molecule has 6 aliphatic carbocycles. The van der Waals surface area contributed by atoms with Crippen molar-refractivity contribution in [2.24, 2.45) is 5.92 Å². The quantitative estimate of drug-likeness (QED) is 0.0937. The van der Waals surface area contributed by atoms with Gasteiger partial charge in [0.2, 0.25) is 0 Å². The number of fused-ring (bicyclic) bond motifs is 1. The number of rotatable bonds is 10. The van der Waals surface area contributed by atoms with Crippen LogP contribution in [0.1, 0.15) is 247 Å². The molecule has 0 saturated heterocycles. The predicted octanol–water partition coefficient (Wildman–Crippen LogP) is 19.9. The van der Waals surface area contributed by atoms with Crippen LogP contribution in [0.15, 0.2) is 179 Å². The van der Waals surface area contributed by atoms with Crippen LogP contribution in [-0.2, 0) is 4.79 Å². The Morgan fingerprint density at radius 1 is 0.506 bits per heavy atom. The molecule has 6 aliphatic rings. The van der Waals surface area contributed by atoms with Crippen LogP contribution in [0.3, 0.4) is 0 Å². The maximum Gasteiger partial charge on any atom is 0.168 e. The van der Waals surface area contributed by atoms with Crippen molar-refractivity contribution >= 4 is 5.78 Å². The molecule has 5 unspecified atom stereocenters. The first-order valence-electron chi connectivity index (χ1n) is 30.7. The minimum atomic E-state index is -1.04. The van der Waals surface area contributed by atoms with Crippen molar-refractivity contribution in [1.29, 1.82) is 0 Å². The third-order valence-electron chi connectivity index (χ3n) is 19.5. The van der Waals surface area contributed by atoms with E-state index in [1.165, 1.54) is 125 Å². The van der Waals surface area contributed by atoms with Gasteiger partial charge in [-0.25, -0.2) is 0 Å². The summed E-state index contributed by atoms with van der Waals surface area (Å²) in [5, 5.41) is 50.1. The highest BCUT2D eigenvalue weighted by molar-refractivity contribution is 5.99. The molecule has 2 bridgehead atoms. The molecule has 4 saturated carbocycles. The summed E-state index contributed by atoms with van der Waals surface area (Å²) in [6.07, 6.45) is 42.1. The lowest BCUT2D eigenvalue weighted by atomic mass is 9.76. The molecule has 4 N–H and O–H groups in total. The van der Waals surface area contributed by atoms with Gasteiger partial charge >= 0.3 is 0 Å². The maximum atomic E-state index is 16.1. The van der Waals surface area contributed by atoms with Crippen molar-refractivity contribution in [3.8, 4) is 12.3 Å². The number of carbonyl (C=O) groups excluding carboxylic acids is 1. The molecule has 412 valence electrons. The van der Waals surface area contributed by atoms with Gasteiger partial charge in [-0.1, -0.05) is 192 Å². The smallest absolute Gasteiger partial charge is 0.168 e. The van der Waals surface area contributed by atoms with Crippen LogP contribution in [0.4, 0.5) is 0 Å². The summed E-state index contributed by atoms with van der Waals surface area (Å²) in [6.45, 7) is 3.49. The van der Waals surface area contributed by atoms with Crippen molar-refractivity contribution in [2.45, 2.75) is 202 Å². The Kier molecular flexibility index (Phi) is 18.5. The highest BCUT2D eigenvalue weighted by Crippen LogP contribution is 2.48. The van der Waals surface area contributed by atoms with Crippen LogP contribution in [0.5, 0.6) is 0 Å². The van der Waals surface area contributed by atoms with E-state index in [0.29, 0.717) is 52.4 Å². The molecule has 5 atom stereocenters. The van der Waals surface area contributed by atoms with Crippen LogP contribution in [0.2, 0.25) is 0 Å². The van der Waals surface area contributed by atoms with E-state index in [9.17, 15) is 20.4 Å². The van der Waals surface area contributed by atoms with Gasteiger partial charge in [-0.2, -0.15) is 0 Å². The van der Waals surface area contributed by atoms with Crippen molar-refractivity contribution in [1.82, 2.24) is 0 Å². The summed E-state index contributed by atoms with van der Waals surface area (Å²) in [5.41, 5.74) is 10.6. The minimum Gasteiger partial charge on any atom is -0.512 e. The molecule has 4 fully saturated rings. The largest absolute Gasteiger partial charge is 0.512 e. The summed E-state index contributed by atoms with van der Waals surface area (Å²) in [7, 11) is 0. The lowest BCUT2D eigenvalue weighted by Crippen LogP contribution is -2.20. The number of ketones is 1. The Labute approximate surface area is 472 Å². The first-order chi connectivity index (χ1) is 38.6. The average Bonchev–Trinajstić information content (AvgIpc) is 3.92. The lowest BCUT2D eigenvalue weighted by Gasteiger charge is -2.28. The monoisotopic (exact) mass is 1050 g/mol. The van der Waals surface area contributed by atoms with E-state index >= 15 is 4.79 Å². The van der Waals surface area contributed by atoms with Gasteiger partial charge in [0, 0.05) is 40.4 Å². The summed E-state index contributed by atoms with van der Waals surface area (Å²) >= 11 is 0. The second-order valence-electron chi connectivity index (χ2n) is 24.3. The number of aliphatic hydroxyl groups excluding tert-OH is 4. The van der Waals surface area contributed by atoms with E-state index in [1.54, 1.807) is 26.0 Å². The van der Waals surface area contributed by atoms with E-state index in [4.69, 9.17) is 6.42 Å². The van der Waals surface area contributed by atoms with E-state index in [1.807, 2.05) is 30.4 Å². The molecular weight excluding hydrogens is 969 g/mol. The molecule has 4 aromatic rings. The van der Waals surface area contributed by atoms with E-state index in [0.717, 1.165) is 47.9 Å². The molecule has 0 radical (unpaired) electrons. The molecule has 5 heteroatoms. The SMILES string of the molecule is C#CC(C)=C(O)C1=CCC(c2ccc(C3CCCCC3)cc2)C(O)=CCC(c2ccc(C3CCCCC3)cc2)C2=CC(C=C2O)C(c2ccc(C3CCCCC3)cc2)C(C(O)=CC)=CC(=O)C1c1ccc(C2CCCCC2)cc1. The topological polar surface area (TPSA) is 98.0 Å². The fourth-order valence-corrected chi connectivity index (χ4v) is 14.8. The second kappa shape index (κ2) is 26.2. The number of allylic oxidation sites excluding steroid dienone is 11. The Morgan fingerprint density at radius 3 is 1.33 bits per heavy atom. The highest BCUT2D eigenvalue weighted by Gasteiger charge is 2.37. The van der Waals surface area contributed by atoms with Crippen LogP contribution in [0.25, 0.3) is 0 Å². The molecule has 0 spiro atoms. The van der Waals surface area contributed by atoms with Gasteiger partial charge in [0.15, 0.2) is 5.78 Å². The summed E-state index contributed by atoms with van der Waals surface area (Å²) < 4.78 is 0. The molecule has 0 aromatic heterocycles. The zero-order valence-electron chi connectivity index (χ0n) is 47.2. The summed E-state index contributed by atoms with van der Waals surface area (Å²) in [4.78, 5) is 16.1. The maximum absolute atomic E-state index is 16.1. The van der Waals surface area contributed by atoms with Gasteiger partial charge in [-0.3, -0.25) is 4.79 Å². The minimum absolute atomic E-state index is 0.0264. The zero-order chi connectivity index (χ0) is 54.8. The van der Waals surface area contributed by atoms with Crippen molar-refractivity contribution in [2.75, 3.05) is 0 Å². The Hall–Kier alpha value is -6.51. The van der Waals surface area contributed by atoms with Crippen LogP contribution < -0.4 is 0 Å². The van der Waals surface area contributed by atoms with Gasteiger partial charge in [0.1, 0.15) is 17.3 Å². The van der Waals surface area contributed by atoms with Crippen LogP contribution >= 0.6 is 0 Å². The molecule has 5 nitrogen and oxygen atoms in total. The van der Waals surface area contributed by atoms with E-state index in [-0.39, 0.29) is 41.2 Å². The first-order valence-corrected chi connectivity index (χ1v) is 30.7. The van der Waals surface area contributed by atoms with Gasteiger partial charge in [-0.05, 0) is 176 Å². The average molecular weight is 1060 g/mol. The predicted molar refractivity (Wildman–Crippen MR) is 324 cm³/mol. The Morgan fingerprint density at radius 2 is 0.899 bits per heavy atom. The second-order valence-corrected chi connectivity index (χ2v) is 24.3. The fraction of sp³-hybridized carbons (Fsp3) is 0.446. The van der Waals surface area contributed by atoms with Crippen LogP contribution in [0, 0.1) is 18.3 Å². The highest BCUT2D eigenvalue weighted by atomic mass is 16.3. The third kappa shape index (κ3) is 12.9. The van der Waals surface area contributed by atoms with E-state index < -0.39 is 23.7 Å². The Balaban J connectivity index is 1.17. The molecule has 0 heterocycles. The van der Waals surface area contributed by atoms with Crippen LogP contribution in [-0.4, -0.2) is 26.2 Å². The molecule has 0 amide bonds. The fourth-order valence-electron chi connectivity index (χ4n) is 14.8. The molecule has 10 rings (SSSR count). The van der Waals surface area contributed by atoms with Gasteiger partial charge in [0.05, 0.1) is 11.7 Å². The normalized spacial score (nSPS) is 25.3. The van der Waals surface area contributed by atoms with Crippen molar-refractivity contribution < 1.29 is 25.2 Å². The first kappa shape index (κ1) is 55.8. The molecule has 4 aromatic carbocycles. The number of terminal acetylenes is 1. The van der Waals surface area contributed by atoms with Gasteiger partial charge in [-0.15, -0.1) is 6.42 Å². The molecule has 0 aliphatic heterocycles. The number of hydrogen-bond acceptors (Lipinski definition) is 5. The number of benzene rings is 4. The van der Waals surface area contributed by atoms with E-state index in [2.05, 4.69) is 96.9 Å². The summed E-state index contributed by atoms with van der Waals surface area (Å²) in [6, 6.07) is 34.9. The molecular formula is C74H86O5. The lowest BCUT2D eigenvalue weighted by molar-refractivity contribution is -0.115. The summed E-state index contributed by atoms with van der Waals surface area (Å²) in [5.74, 6) is 1.52. The Bertz CT molecular complexity index is 3000. The third-order valence-corrected chi connectivity index (χ3v) is 19.5. The van der Waals surface area contributed by atoms with Gasteiger partial charge in [0.25, 0.3) is 0 Å². The zero-order valence-corrected chi connectivity index (χ0v) is 47.2. The molecule has 79 heavy (non-hydrogen) atoms.